The molecule has 1 unspecified atom stereocenters. The smallest absolute Gasteiger partial charge is 0.267 e. The number of hydrogen-bond acceptors (Lipinski definition) is 3. The molecular formula is C18H19F2N3O2. The largest absolute Gasteiger partial charge is 0.341 e. The van der Waals surface area contributed by atoms with Gasteiger partial charge in [-0.05, 0) is 49.4 Å². The summed E-state index contributed by atoms with van der Waals surface area (Å²) in [4.78, 5) is 25.8. The van der Waals surface area contributed by atoms with E-state index in [1.165, 1.54) is 18.2 Å². The summed E-state index contributed by atoms with van der Waals surface area (Å²) in [7, 11) is 0. The van der Waals surface area contributed by atoms with Crippen molar-refractivity contribution in [1.82, 2.24) is 14.7 Å². The molecule has 1 saturated heterocycles. The Bertz CT molecular complexity index is 830. The van der Waals surface area contributed by atoms with Crippen LogP contribution in [0.5, 0.6) is 0 Å². The summed E-state index contributed by atoms with van der Waals surface area (Å²) in [6.45, 7) is 2.74. The third-order valence-corrected chi connectivity index (χ3v) is 4.37. The second-order valence-corrected chi connectivity index (χ2v) is 6.45. The fourth-order valence-corrected chi connectivity index (χ4v) is 3.18. The minimum absolute atomic E-state index is 0.0954. The van der Waals surface area contributed by atoms with Crippen molar-refractivity contribution in [2.75, 3.05) is 13.1 Å². The number of carbonyl (C=O) groups excluding carboxylic acids is 1. The average Bonchev–Trinajstić information content (AvgIpc) is 2.98. The molecule has 1 aromatic heterocycles. The molecule has 25 heavy (non-hydrogen) atoms. The van der Waals surface area contributed by atoms with Crippen LogP contribution in [0.3, 0.4) is 0 Å². The van der Waals surface area contributed by atoms with Crippen LogP contribution in [0.15, 0.2) is 35.1 Å². The molecule has 7 heteroatoms. The number of halogens is 2. The molecule has 1 amide bonds. The second kappa shape index (κ2) is 7.13. The number of likely N-dealkylation sites (tertiary alicyclic amines) is 1. The highest BCUT2D eigenvalue weighted by Gasteiger charge is 2.27. The van der Waals surface area contributed by atoms with Gasteiger partial charge in [-0.15, -0.1) is 0 Å². The summed E-state index contributed by atoms with van der Waals surface area (Å²) in [5, 5.41) is 4.06. The number of benzene rings is 1. The maximum absolute atomic E-state index is 13.3. The lowest BCUT2D eigenvalue weighted by molar-refractivity contribution is -0.131. The normalized spacial score (nSPS) is 17.1. The van der Waals surface area contributed by atoms with Gasteiger partial charge in [0.2, 0.25) is 5.91 Å². The Morgan fingerprint density at radius 3 is 2.68 bits per heavy atom. The monoisotopic (exact) mass is 347 g/mol. The topological polar surface area (TPSA) is 55.2 Å². The Morgan fingerprint density at radius 1 is 1.24 bits per heavy atom. The van der Waals surface area contributed by atoms with Crippen LogP contribution in [-0.2, 0) is 17.8 Å². The SMILES string of the molecule is Cc1ccc(=O)n(CC(=O)N2CCC(Cc3cc(F)cc(F)c3)C2)n1. The quantitative estimate of drug-likeness (QED) is 0.849. The van der Waals surface area contributed by atoms with E-state index < -0.39 is 11.6 Å². The number of hydrogen-bond donors (Lipinski definition) is 0. The van der Waals surface area contributed by atoms with Gasteiger partial charge in [-0.25, -0.2) is 13.5 Å². The van der Waals surface area contributed by atoms with Crippen LogP contribution in [0.4, 0.5) is 8.78 Å². The number of aromatic nitrogens is 2. The van der Waals surface area contributed by atoms with Crippen molar-refractivity contribution in [2.24, 2.45) is 5.92 Å². The lowest BCUT2D eigenvalue weighted by atomic mass is 9.98. The highest BCUT2D eigenvalue weighted by Crippen LogP contribution is 2.22. The molecule has 132 valence electrons. The highest BCUT2D eigenvalue weighted by molar-refractivity contribution is 5.76. The van der Waals surface area contributed by atoms with E-state index in [4.69, 9.17) is 0 Å². The Balaban J connectivity index is 1.61. The number of carbonyl (C=O) groups is 1. The first-order valence-electron chi connectivity index (χ1n) is 8.18. The van der Waals surface area contributed by atoms with Gasteiger partial charge in [0.25, 0.3) is 5.56 Å². The van der Waals surface area contributed by atoms with E-state index >= 15 is 0 Å². The molecule has 1 aliphatic rings. The number of aryl methyl sites for hydroxylation is 1. The van der Waals surface area contributed by atoms with Crippen LogP contribution in [0.25, 0.3) is 0 Å². The Kier molecular flexibility index (Phi) is 4.92. The first-order valence-corrected chi connectivity index (χ1v) is 8.18. The van der Waals surface area contributed by atoms with E-state index in [0.29, 0.717) is 30.8 Å². The first kappa shape index (κ1) is 17.3. The molecule has 1 fully saturated rings. The lowest BCUT2D eigenvalue weighted by Gasteiger charge is -2.17. The van der Waals surface area contributed by atoms with Gasteiger partial charge in [0.05, 0.1) is 5.69 Å². The summed E-state index contributed by atoms with van der Waals surface area (Å²) in [6, 6.07) is 6.49. The van der Waals surface area contributed by atoms with Gasteiger partial charge < -0.3 is 4.90 Å². The lowest BCUT2D eigenvalue weighted by Crippen LogP contribution is -2.36. The summed E-state index contributed by atoms with van der Waals surface area (Å²) in [5.41, 5.74) is 0.943. The Labute approximate surface area is 143 Å². The summed E-state index contributed by atoms with van der Waals surface area (Å²) in [6.07, 6.45) is 1.28. The molecule has 1 atom stereocenters. The van der Waals surface area contributed by atoms with Crippen LogP contribution in [0, 0.1) is 24.5 Å². The molecule has 0 spiro atoms. The molecular weight excluding hydrogens is 328 g/mol. The molecule has 0 aliphatic carbocycles. The number of amides is 1. The Hall–Kier alpha value is -2.57. The minimum Gasteiger partial charge on any atom is -0.341 e. The van der Waals surface area contributed by atoms with E-state index in [2.05, 4.69) is 5.10 Å². The summed E-state index contributed by atoms with van der Waals surface area (Å²) < 4.78 is 27.7. The molecule has 5 nitrogen and oxygen atoms in total. The standard InChI is InChI=1S/C18H19F2N3O2/c1-12-2-3-17(24)23(21-12)11-18(25)22-5-4-13(10-22)6-14-7-15(19)9-16(20)8-14/h2-3,7-9,13H,4-6,10-11H2,1H3. The van der Waals surface area contributed by atoms with Crippen LogP contribution < -0.4 is 5.56 Å². The molecule has 0 bridgehead atoms. The van der Waals surface area contributed by atoms with Crippen molar-refractivity contribution in [1.29, 1.82) is 0 Å². The Morgan fingerprint density at radius 2 is 1.96 bits per heavy atom. The van der Waals surface area contributed by atoms with E-state index in [9.17, 15) is 18.4 Å². The minimum atomic E-state index is -0.592. The molecule has 0 N–H and O–H groups in total. The molecule has 3 rings (SSSR count). The van der Waals surface area contributed by atoms with E-state index in [1.54, 1.807) is 17.9 Å². The molecule has 1 aliphatic heterocycles. The third kappa shape index (κ3) is 4.29. The average molecular weight is 347 g/mol. The maximum Gasteiger partial charge on any atom is 0.267 e. The fourth-order valence-electron chi connectivity index (χ4n) is 3.18. The van der Waals surface area contributed by atoms with E-state index in [-0.39, 0.29) is 23.9 Å². The zero-order valence-electron chi connectivity index (χ0n) is 13.9. The highest BCUT2D eigenvalue weighted by atomic mass is 19.1. The van der Waals surface area contributed by atoms with Crippen LogP contribution in [-0.4, -0.2) is 33.7 Å². The van der Waals surface area contributed by atoms with Gasteiger partial charge in [-0.3, -0.25) is 9.59 Å². The molecule has 1 aromatic carbocycles. The fraction of sp³-hybridized carbons (Fsp3) is 0.389. The van der Waals surface area contributed by atoms with Gasteiger partial charge in [0, 0.05) is 25.2 Å². The number of rotatable bonds is 4. The van der Waals surface area contributed by atoms with Gasteiger partial charge >= 0.3 is 0 Å². The second-order valence-electron chi connectivity index (χ2n) is 6.45. The summed E-state index contributed by atoms with van der Waals surface area (Å²) in [5.74, 6) is -1.21. The van der Waals surface area contributed by atoms with Crippen molar-refractivity contribution >= 4 is 5.91 Å². The molecule has 2 heterocycles. The van der Waals surface area contributed by atoms with Crippen molar-refractivity contribution in [3.8, 4) is 0 Å². The van der Waals surface area contributed by atoms with Crippen molar-refractivity contribution < 1.29 is 13.6 Å². The number of nitrogens with zero attached hydrogens (tertiary/aromatic N) is 3. The maximum atomic E-state index is 13.3. The predicted molar refractivity (Wildman–Crippen MR) is 88.0 cm³/mol. The molecule has 0 saturated carbocycles. The van der Waals surface area contributed by atoms with Gasteiger partial charge in [0.1, 0.15) is 18.2 Å². The van der Waals surface area contributed by atoms with Gasteiger partial charge in [0.15, 0.2) is 0 Å². The van der Waals surface area contributed by atoms with E-state index in [0.717, 1.165) is 17.2 Å². The van der Waals surface area contributed by atoms with Crippen LogP contribution in [0.2, 0.25) is 0 Å². The van der Waals surface area contributed by atoms with Crippen molar-refractivity contribution in [2.45, 2.75) is 26.3 Å². The molecule has 2 aromatic rings. The predicted octanol–water partition coefficient (Wildman–Crippen LogP) is 1.92. The van der Waals surface area contributed by atoms with Crippen LogP contribution >= 0.6 is 0 Å². The van der Waals surface area contributed by atoms with E-state index in [1.807, 2.05) is 0 Å². The zero-order valence-corrected chi connectivity index (χ0v) is 13.9. The molecule has 0 radical (unpaired) electrons. The van der Waals surface area contributed by atoms with Crippen molar-refractivity contribution in [3.05, 3.63) is 63.6 Å². The summed E-state index contributed by atoms with van der Waals surface area (Å²) >= 11 is 0. The van der Waals surface area contributed by atoms with Crippen molar-refractivity contribution in [3.63, 3.8) is 0 Å². The van der Waals surface area contributed by atoms with Crippen LogP contribution in [0.1, 0.15) is 17.7 Å². The van der Waals surface area contributed by atoms with Gasteiger partial charge in [-0.1, -0.05) is 0 Å². The van der Waals surface area contributed by atoms with Gasteiger partial charge in [-0.2, -0.15) is 5.10 Å². The first-order chi connectivity index (χ1) is 11.9. The third-order valence-electron chi connectivity index (χ3n) is 4.37. The zero-order chi connectivity index (χ0) is 18.0.